The van der Waals surface area contributed by atoms with Crippen molar-refractivity contribution in [3.63, 3.8) is 0 Å². The van der Waals surface area contributed by atoms with Crippen molar-refractivity contribution in [2.24, 2.45) is 11.8 Å². The number of hydrogen-bond donors (Lipinski definition) is 2. The number of hydrogen-bond acceptors (Lipinski definition) is 2. The maximum atomic E-state index is 12.4. The van der Waals surface area contributed by atoms with Crippen LogP contribution in [0, 0.1) is 11.8 Å². The topological polar surface area (TPSA) is 69.6 Å². The maximum Gasteiger partial charge on any atom is 0.326 e. The third-order valence-corrected chi connectivity index (χ3v) is 3.84. The van der Waals surface area contributed by atoms with E-state index in [1.165, 1.54) is 0 Å². The summed E-state index contributed by atoms with van der Waals surface area (Å²) >= 11 is 0. The predicted molar refractivity (Wildman–Crippen MR) is 78.6 cm³/mol. The van der Waals surface area contributed by atoms with Crippen LogP contribution in [0.5, 0.6) is 0 Å². The van der Waals surface area contributed by atoms with Gasteiger partial charge in [0.15, 0.2) is 0 Å². The Hall–Kier alpha value is -1.26. The van der Waals surface area contributed by atoms with Gasteiger partial charge in [0.05, 0.1) is 0 Å². The van der Waals surface area contributed by atoms with Gasteiger partial charge < -0.3 is 15.3 Å². The van der Waals surface area contributed by atoms with Crippen LogP contribution in [0.15, 0.2) is 0 Å². The molecule has 0 aliphatic heterocycles. The number of carbonyl (C=O) groups excluding carboxylic acids is 1. The molecule has 1 fully saturated rings. The van der Waals surface area contributed by atoms with E-state index in [4.69, 9.17) is 0 Å². The van der Waals surface area contributed by atoms with Gasteiger partial charge >= 0.3 is 12.0 Å². The van der Waals surface area contributed by atoms with Crippen molar-refractivity contribution in [3.8, 4) is 0 Å². The Morgan fingerprint density at radius 1 is 1.25 bits per heavy atom. The summed E-state index contributed by atoms with van der Waals surface area (Å²) in [5.41, 5.74) is 0. The molecule has 20 heavy (non-hydrogen) atoms. The number of urea groups is 1. The first-order chi connectivity index (χ1) is 9.40. The predicted octanol–water partition coefficient (Wildman–Crippen LogP) is 2.71. The number of nitrogens with one attached hydrogen (secondary N) is 1. The molecule has 0 aromatic heterocycles. The monoisotopic (exact) mass is 284 g/mol. The second-order valence-electron chi connectivity index (χ2n) is 6.12. The van der Waals surface area contributed by atoms with Crippen molar-refractivity contribution in [3.05, 3.63) is 0 Å². The van der Waals surface area contributed by atoms with E-state index in [2.05, 4.69) is 33.0 Å². The summed E-state index contributed by atoms with van der Waals surface area (Å²) in [6.45, 7) is 8.92. The van der Waals surface area contributed by atoms with Gasteiger partial charge in [-0.1, -0.05) is 27.7 Å². The van der Waals surface area contributed by atoms with Gasteiger partial charge in [-0.3, -0.25) is 0 Å². The Labute approximate surface area is 121 Å². The number of carboxylic acids is 1. The van der Waals surface area contributed by atoms with Crippen LogP contribution in [0.3, 0.4) is 0 Å². The lowest BCUT2D eigenvalue weighted by atomic mass is 10.1. The Kier molecular flexibility index (Phi) is 6.30. The Morgan fingerprint density at radius 3 is 2.15 bits per heavy atom. The highest BCUT2D eigenvalue weighted by Crippen LogP contribution is 2.33. The first kappa shape index (κ1) is 16.8. The van der Waals surface area contributed by atoms with Gasteiger partial charge in [-0.25, -0.2) is 9.59 Å². The van der Waals surface area contributed by atoms with Crippen molar-refractivity contribution >= 4 is 12.0 Å². The Morgan fingerprint density at radius 2 is 1.80 bits per heavy atom. The molecule has 0 spiro atoms. The Balaban J connectivity index is 2.72. The van der Waals surface area contributed by atoms with Gasteiger partial charge in [-0.2, -0.15) is 0 Å². The first-order valence-electron chi connectivity index (χ1n) is 7.70. The molecule has 5 heteroatoms. The molecule has 1 aliphatic carbocycles. The van der Waals surface area contributed by atoms with Crippen molar-refractivity contribution in [1.82, 2.24) is 10.2 Å². The molecule has 5 nitrogen and oxygen atoms in total. The molecule has 1 unspecified atom stereocenters. The lowest BCUT2D eigenvalue weighted by molar-refractivity contribution is -0.139. The summed E-state index contributed by atoms with van der Waals surface area (Å²) in [7, 11) is 0. The van der Waals surface area contributed by atoms with Gasteiger partial charge in [0, 0.05) is 12.6 Å². The zero-order valence-corrected chi connectivity index (χ0v) is 13.1. The highest BCUT2D eigenvalue weighted by molar-refractivity contribution is 5.83. The largest absolute Gasteiger partial charge is 0.480 e. The van der Waals surface area contributed by atoms with Gasteiger partial charge in [0.25, 0.3) is 0 Å². The summed E-state index contributed by atoms with van der Waals surface area (Å²) in [5, 5.41) is 11.9. The highest BCUT2D eigenvalue weighted by atomic mass is 16.4. The van der Waals surface area contributed by atoms with Crippen LogP contribution in [0.25, 0.3) is 0 Å². The molecule has 1 rings (SSSR count). The summed E-state index contributed by atoms with van der Waals surface area (Å²) in [6, 6.07) is -0.788. The quantitative estimate of drug-likeness (QED) is 0.720. The Bertz CT molecular complexity index is 336. The van der Waals surface area contributed by atoms with Gasteiger partial charge in [0.2, 0.25) is 0 Å². The number of carbonyl (C=O) groups is 2. The molecule has 0 bridgehead atoms. The molecule has 0 radical (unpaired) electrons. The molecule has 116 valence electrons. The fourth-order valence-electron chi connectivity index (χ4n) is 2.55. The van der Waals surface area contributed by atoms with Crippen molar-refractivity contribution in [2.75, 3.05) is 6.54 Å². The van der Waals surface area contributed by atoms with Gasteiger partial charge in [-0.15, -0.1) is 0 Å². The zero-order chi connectivity index (χ0) is 15.3. The lowest BCUT2D eigenvalue weighted by Crippen LogP contribution is -2.52. The van der Waals surface area contributed by atoms with E-state index in [-0.39, 0.29) is 18.0 Å². The average Bonchev–Trinajstić information content (AvgIpc) is 3.19. The van der Waals surface area contributed by atoms with Crippen LogP contribution in [0.1, 0.15) is 53.4 Å². The molecular formula is C15H28N2O3. The molecule has 0 heterocycles. The summed E-state index contributed by atoms with van der Waals surface area (Å²) in [4.78, 5) is 25.5. The van der Waals surface area contributed by atoms with E-state index >= 15 is 0 Å². The third-order valence-electron chi connectivity index (χ3n) is 3.84. The fraction of sp³-hybridized carbons (Fsp3) is 0.867. The number of rotatable bonds is 8. The van der Waals surface area contributed by atoms with E-state index in [1.54, 1.807) is 0 Å². The minimum Gasteiger partial charge on any atom is -0.480 e. The van der Waals surface area contributed by atoms with Crippen LogP contribution >= 0.6 is 0 Å². The van der Waals surface area contributed by atoms with Crippen molar-refractivity contribution in [1.29, 1.82) is 0 Å². The van der Waals surface area contributed by atoms with Crippen LogP contribution < -0.4 is 5.32 Å². The summed E-state index contributed by atoms with van der Waals surface area (Å²) in [5.74, 6) is -0.445. The normalized spacial score (nSPS) is 16.3. The molecule has 2 N–H and O–H groups in total. The van der Waals surface area contributed by atoms with Crippen molar-refractivity contribution < 1.29 is 14.7 Å². The van der Waals surface area contributed by atoms with Crippen LogP contribution in [0.2, 0.25) is 0 Å². The number of carboxylic acid groups (broad SMARTS) is 1. The smallest absolute Gasteiger partial charge is 0.326 e. The van der Waals surface area contributed by atoms with Crippen LogP contribution in [-0.2, 0) is 4.79 Å². The fourth-order valence-corrected chi connectivity index (χ4v) is 2.55. The minimum atomic E-state index is -0.921. The molecule has 1 aliphatic rings. The van der Waals surface area contributed by atoms with E-state index in [9.17, 15) is 14.7 Å². The van der Waals surface area contributed by atoms with Gasteiger partial charge in [-0.05, 0) is 37.5 Å². The molecule has 1 saturated carbocycles. The molecule has 0 aromatic carbocycles. The van der Waals surface area contributed by atoms with Gasteiger partial charge in [0.1, 0.15) is 6.04 Å². The first-order valence-corrected chi connectivity index (χ1v) is 7.70. The second kappa shape index (κ2) is 7.50. The molecule has 0 aromatic rings. The van der Waals surface area contributed by atoms with Crippen LogP contribution in [-0.4, -0.2) is 40.6 Å². The maximum absolute atomic E-state index is 12.4. The SMILES string of the molecule is CCC(CC)N(CC(C)C)C(=O)NC(C(=O)O)C1CC1. The number of aliphatic carboxylic acids is 1. The lowest BCUT2D eigenvalue weighted by Gasteiger charge is -2.33. The van der Waals surface area contributed by atoms with Crippen molar-refractivity contribution in [2.45, 2.75) is 65.5 Å². The molecule has 2 amide bonds. The van der Waals surface area contributed by atoms with E-state index in [0.29, 0.717) is 12.5 Å². The zero-order valence-electron chi connectivity index (χ0n) is 13.1. The average molecular weight is 284 g/mol. The van der Waals surface area contributed by atoms with E-state index in [1.807, 2.05) is 4.90 Å². The summed E-state index contributed by atoms with van der Waals surface area (Å²) < 4.78 is 0. The van der Waals surface area contributed by atoms with E-state index < -0.39 is 12.0 Å². The number of amides is 2. The number of nitrogens with zero attached hydrogens (tertiary/aromatic N) is 1. The minimum absolute atomic E-state index is 0.110. The molecular weight excluding hydrogens is 256 g/mol. The van der Waals surface area contributed by atoms with E-state index in [0.717, 1.165) is 25.7 Å². The standard InChI is InChI=1S/C15H28N2O3/c1-5-12(6-2)17(9-10(3)4)15(20)16-13(14(18)19)11-7-8-11/h10-13H,5-9H2,1-4H3,(H,16,20)(H,18,19). The second-order valence-corrected chi connectivity index (χ2v) is 6.12. The highest BCUT2D eigenvalue weighted by Gasteiger charge is 2.38. The third kappa shape index (κ3) is 4.69. The molecule has 0 saturated heterocycles. The van der Waals surface area contributed by atoms with Crippen LogP contribution in [0.4, 0.5) is 4.79 Å². The summed E-state index contributed by atoms with van der Waals surface area (Å²) in [6.07, 6.45) is 3.56. The molecule has 1 atom stereocenters.